The lowest BCUT2D eigenvalue weighted by Crippen LogP contribution is -2.49. The summed E-state index contributed by atoms with van der Waals surface area (Å²) < 4.78 is 52.7. The van der Waals surface area contributed by atoms with Gasteiger partial charge in [-0.3, -0.25) is 23.9 Å². The van der Waals surface area contributed by atoms with E-state index in [0.717, 1.165) is 16.2 Å². The highest BCUT2D eigenvalue weighted by molar-refractivity contribution is 5.85. The van der Waals surface area contributed by atoms with Crippen LogP contribution in [-0.2, 0) is 22.4 Å². The summed E-state index contributed by atoms with van der Waals surface area (Å²) in [6.07, 6.45) is 0.682. The first kappa shape index (κ1) is 33.0. The van der Waals surface area contributed by atoms with Crippen molar-refractivity contribution in [2.45, 2.75) is 58.3 Å². The van der Waals surface area contributed by atoms with Crippen LogP contribution in [0.1, 0.15) is 58.8 Å². The quantitative estimate of drug-likeness (QED) is 0.245. The molecule has 3 heterocycles. The smallest absolute Gasteiger partial charge is 0.305 e. The number of hydrogen-bond donors (Lipinski definition) is 2. The molecule has 1 fully saturated rings. The average molecular weight is 660 g/mol. The maximum atomic E-state index is 15.9. The Hall–Kier alpha value is -4.90. The number of aryl methyl sites for hydroxylation is 3. The fourth-order valence-corrected chi connectivity index (χ4v) is 6.58. The van der Waals surface area contributed by atoms with Crippen molar-refractivity contribution in [3.63, 3.8) is 0 Å². The van der Waals surface area contributed by atoms with Gasteiger partial charge in [-0.15, -0.1) is 0 Å². The average Bonchev–Trinajstić information content (AvgIpc) is 3.02. The summed E-state index contributed by atoms with van der Waals surface area (Å²) in [7, 11) is 0. The fourth-order valence-electron chi connectivity index (χ4n) is 6.58. The zero-order valence-corrected chi connectivity index (χ0v) is 26.9. The zero-order valence-electron chi connectivity index (χ0n) is 26.9. The third kappa shape index (κ3) is 6.47. The van der Waals surface area contributed by atoms with Crippen LogP contribution in [0.25, 0.3) is 11.1 Å². The van der Waals surface area contributed by atoms with Gasteiger partial charge in [-0.05, 0) is 91.4 Å². The summed E-state index contributed by atoms with van der Waals surface area (Å²) in [5.41, 5.74) is 2.41. The number of alkyl halides is 1. The molecule has 2 aliphatic rings. The number of carboxylic acid groups (broad SMARTS) is 1. The summed E-state index contributed by atoms with van der Waals surface area (Å²) in [5.74, 6) is -3.14. The van der Waals surface area contributed by atoms with E-state index in [4.69, 9.17) is 4.74 Å². The number of carbonyl (C=O) groups is 2. The van der Waals surface area contributed by atoms with Crippen molar-refractivity contribution >= 4 is 11.9 Å². The molecular formula is C37H36F3N3O5. The van der Waals surface area contributed by atoms with E-state index in [1.165, 1.54) is 24.4 Å². The number of amides is 1. The van der Waals surface area contributed by atoms with Crippen LogP contribution < -0.4 is 15.6 Å². The van der Waals surface area contributed by atoms with Crippen LogP contribution in [-0.4, -0.2) is 52.3 Å². The van der Waals surface area contributed by atoms with E-state index in [-0.39, 0.29) is 22.4 Å². The van der Waals surface area contributed by atoms with E-state index < -0.39 is 53.7 Å². The molecule has 48 heavy (non-hydrogen) atoms. The van der Waals surface area contributed by atoms with Gasteiger partial charge in [-0.2, -0.15) is 0 Å². The molecule has 2 N–H and O–H groups in total. The molecule has 4 aromatic rings. The van der Waals surface area contributed by atoms with Gasteiger partial charge in [0.2, 0.25) is 5.91 Å². The minimum Gasteiger partial charge on any atom is -0.481 e. The molecule has 8 nitrogen and oxygen atoms in total. The second-order valence-electron chi connectivity index (χ2n) is 12.5. The molecule has 250 valence electrons. The number of ether oxygens (including phenoxy) is 1. The Morgan fingerprint density at radius 2 is 1.79 bits per heavy atom. The van der Waals surface area contributed by atoms with Crippen molar-refractivity contribution in [1.82, 2.24) is 14.8 Å². The second-order valence-corrected chi connectivity index (χ2v) is 12.5. The summed E-state index contributed by atoms with van der Waals surface area (Å²) in [6.45, 7) is 6.33. The Morgan fingerprint density at radius 1 is 1.02 bits per heavy atom. The first-order valence-electron chi connectivity index (χ1n) is 15.9. The predicted octanol–water partition coefficient (Wildman–Crippen LogP) is 6.20. The largest absolute Gasteiger partial charge is 0.481 e. The van der Waals surface area contributed by atoms with Crippen molar-refractivity contribution in [1.29, 1.82) is 0 Å². The fraction of sp³-hybridized carbons (Fsp3) is 0.324. The van der Waals surface area contributed by atoms with Crippen molar-refractivity contribution in [3.05, 3.63) is 116 Å². The number of rotatable bonds is 7. The summed E-state index contributed by atoms with van der Waals surface area (Å²) >= 11 is 0. The lowest BCUT2D eigenvalue weighted by molar-refractivity contribution is -0.137. The van der Waals surface area contributed by atoms with Crippen molar-refractivity contribution in [2.24, 2.45) is 0 Å². The van der Waals surface area contributed by atoms with Crippen LogP contribution in [0.15, 0.2) is 65.6 Å². The van der Waals surface area contributed by atoms with Gasteiger partial charge < -0.3 is 15.2 Å². The number of carbonyl (C=O) groups excluding carboxylic acids is 1. The zero-order chi connectivity index (χ0) is 34.3. The number of fused-ring (bicyclic) bond motifs is 6. The number of aliphatic carboxylic acids is 1. The third-order valence-corrected chi connectivity index (χ3v) is 9.08. The van der Waals surface area contributed by atoms with Crippen LogP contribution >= 0.6 is 0 Å². The van der Waals surface area contributed by atoms with Crippen LogP contribution in [0.3, 0.4) is 0 Å². The van der Waals surface area contributed by atoms with Gasteiger partial charge in [-0.1, -0.05) is 19.1 Å². The van der Waals surface area contributed by atoms with Crippen molar-refractivity contribution < 1.29 is 32.6 Å². The van der Waals surface area contributed by atoms with Gasteiger partial charge in [-0.25, -0.2) is 13.2 Å². The van der Waals surface area contributed by atoms with Gasteiger partial charge in [0.25, 0.3) is 5.56 Å². The molecule has 4 bridgehead atoms. The normalized spacial score (nSPS) is 18.0. The van der Waals surface area contributed by atoms with E-state index in [0.29, 0.717) is 60.5 Å². The van der Waals surface area contributed by atoms with E-state index in [1.54, 1.807) is 38.1 Å². The molecule has 11 heteroatoms. The third-order valence-electron chi connectivity index (χ3n) is 9.08. The Labute approximate surface area is 275 Å². The molecule has 0 spiro atoms. The van der Waals surface area contributed by atoms with Crippen LogP contribution in [0.4, 0.5) is 13.2 Å². The summed E-state index contributed by atoms with van der Waals surface area (Å²) in [6, 6.07) is 11.1. The summed E-state index contributed by atoms with van der Waals surface area (Å²) in [4.78, 5) is 42.4. The predicted molar refractivity (Wildman–Crippen MR) is 174 cm³/mol. The molecule has 1 saturated heterocycles. The van der Waals surface area contributed by atoms with Crippen LogP contribution in [0.2, 0.25) is 0 Å². The van der Waals surface area contributed by atoms with Crippen molar-refractivity contribution in [3.8, 4) is 22.6 Å². The maximum Gasteiger partial charge on any atom is 0.305 e. The van der Waals surface area contributed by atoms with Gasteiger partial charge >= 0.3 is 5.97 Å². The number of halogens is 3. The topological polar surface area (TPSA) is 101 Å². The first-order chi connectivity index (χ1) is 22.9. The first-order valence-corrected chi connectivity index (χ1v) is 15.9. The van der Waals surface area contributed by atoms with Gasteiger partial charge in [0.05, 0.1) is 12.5 Å². The lowest BCUT2D eigenvalue weighted by Gasteiger charge is -2.34. The minimum atomic E-state index is -1.62. The highest BCUT2D eigenvalue weighted by atomic mass is 19.1. The molecule has 3 aromatic carbocycles. The molecule has 0 unspecified atom stereocenters. The lowest BCUT2D eigenvalue weighted by atomic mass is 9.92. The Kier molecular flexibility index (Phi) is 9.15. The van der Waals surface area contributed by atoms with E-state index in [2.05, 4.69) is 5.32 Å². The number of nitrogens with one attached hydrogen (secondary N) is 1. The number of carboxylic acids is 1. The molecule has 1 amide bonds. The Balaban J connectivity index is 1.57. The minimum absolute atomic E-state index is 0.0730. The molecule has 0 aliphatic carbocycles. The van der Waals surface area contributed by atoms with Crippen LogP contribution in [0, 0.1) is 25.5 Å². The van der Waals surface area contributed by atoms with Gasteiger partial charge in [0.15, 0.2) is 0 Å². The van der Waals surface area contributed by atoms with Gasteiger partial charge in [0.1, 0.15) is 35.3 Å². The highest BCUT2D eigenvalue weighted by Gasteiger charge is 2.33. The summed E-state index contributed by atoms with van der Waals surface area (Å²) in [5, 5.41) is 12.5. The number of likely N-dealkylation sites (tertiary alicyclic amines) is 1. The molecule has 2 aliphatic heterocycles. The van der Waals surface area contributed by atoms with Crippen molar-refractivity contribution in [2.75, 3.05) is 19.6 Å². The van der Waals surface area contributed by atoms with Crippen LogP contribution in [0.5, 0.6) is 11.5 Å². The standard InChI is InChI=1S/C37H36F3N3O5/c1-4-23-13-22(10-11-42-18-25(38)19-42)17-43(37(23)47)35-27-15-26(8-9-29(27)39)48-31-7-5-6-20(2)33(31)24-12-21(3)34(40)28(14-24)30(16-32(44)45)41-36(35)46/h5-9,12-15,17,25,30,35H,4,10-11,16,18-19H2,1-3H3,(H,41,46)(H,44,45)/t30-,35-/m0/s1. The van der Waals surface area contributed by atoms with E-state index >= 15 is 8.78 Å². The molecule has 0 radical (unpaired) electrons. The number of pyridine rings is 1. The second kappa shape index (κ2) is 13.3. The Bertz CT molecular complexity index is 1970. The molecule has 0 saturated carbocycles. The number of benzene rings is 3. The maximum absolute atomic E-state index is 15.9. The highest BCUT2D eigenvalue weighted by Crippen LogP contribution is 2.40. The number of aromatic nitrogens is 1. The van der Waals surface area contributed by atoms with E-state index in [1.807, 2.05) is 17.9 Å². The molecule has 1 aromatic heterocycles. The monoisotopic (exact) mass is 659 g/mol. The molecule has 2 atom stereocenters. The molecular weight excluding hydrogens is 623 g/mol. The van der Waals surface area contributed by atoms with E-state index in [9.17, 15) is 23.9 Å². The SMILES string of the molecule is CCc1cc(CCN2CC(F)C2)cn([C@@H]2C(=O)N[C@@H](CC(=O)O)c3cc(cc(C)c3F)-c3c(C)cccc3Oc3ccc(F)c2c3)c1=O. The number of nitrogens with zero attached hydrogens (tertiary/aromatic N) is 2. The Morgan fingerprint density at radius 3 is 2.50 bits per heavy atom. The molecule has 6 rings (SSSR count). The van der Waals surface area contributed by atoms with Gasteiger partial charge in [0, 0.05) is 48.1 Å². The number of hydrogen-bond acceptors (Lipinski definition) is 5.